The number of hydrogen-bond acceptors (Lipinski definition) is 6. The van der Waals surface area contributed by atoms with Gasteiger partial charge in [0, 0.05) is 35.0 Å². The van der Waals surface area contributed by atoms with Crippen molar-refractivity contribution in [3.8, 4) is 5.75 Å². The number of nitrogens with zero attached hydrogens (tertiary/aromatic N) is 4. The summed E-state index contributed by atoms with van der Waals surface area (Å²) in [6, 6.07) is 13.5. The minimum atomic E-state index is 0.404. The monoisotopic (exact) mass is 437 g/mol. The highest BCUT2D eigenvalue weighted by atomic mass is 35.5. The highest BCUT2D eigenvalue weighted by Gasteiger charge is 2.04. The Labute approximate surface area is 178 Å². The van der Waals surface area contributed by atoms with Crippen LogP contribution in [0.5, 0.6) is 5.75 Å². The van der Waals surface area contributed by atoms with Crippen LogP contribution in [0.3, 0.4) is 0 Å². The molecular weight excluding hydrogens is 417 g/mol. The van der Waals surface area contributed by atoms with Gasteiger partial charge in [0.25, 0.3) is 0 Å². The van der Waals surface area contributed by atoms with Crippen LogP contribution < -0.4 is 10.1 Å². The molecule has 1 heterocycles. The van der Waals surface area contributed by atoms with Crippen LogP contribution >= 0.6 is 35.0 Å². The average molecular weight is 438 g/mol. The van der Waals surface area contributed by atoms with Crippen LogP contribution in [0.2, 0.25) is 10.0 Å². The van der Waals surface area contributed by atoms with Crippen LogP contribution in [0.4, 0.5) is 0 Å². The number of tetrazole rings is 1. The predicted octanol–water partition coefficient (Wildman–Crippen LogP) is 4.37. The predicted molar refractivity (Wildman–Crippen MR) is 113 cm³/mol. The van der Waals surface area contributed by atoms with E-state index in [0.717, 1.165) is 41.7 Å². The maximum atomic E-state index is 6.19. The molecule has 9 heteroatoms. The molecule has 1 N–H and O–H groups in total. The first-order chi connectivity index (χ1) is 13.6. The van der Waals surface area contributed by atoms with E-state index in [4.69, 9.17) is 27.9 Å². The van der Waals surface area contributed by atoms with Crippen molar-refractivity contribution in [2.75, 3.05) is 12.3 Å². The summed E-state index contributed by atoms with van der Waals surface area (Å²) >= 11 is 13.8. The fraction of sp³-hybridized carbons (Fsp3) is 0.316. The molecule has 1 aromatic heterocycles. The minimum Gasteiger partial charge on any atom is -0.489 e. The normalized spacial score (nSPS) is 11.0. The van der Waals surface area contributed by atoms with Crippen LogP contribution in [0.15, 0.2) is 47.6 Å². The summed E-state index contributed by atoms with van der Waals surface area (Å²) in [5.41, 5.74) is 2.08. The third-order valence-corrected chi connectivity index (χ3v) is 5.63. The van der Waals surface area contributed by atoms with Gasteiger partial charge in [-0.3, -0.25) is 0 Å². The molecule has 0 bridgehead atoms. The van der Waals surface area contributed by atoms with E-state index in [9.17, 15) is 0 Å². The van der Waals surface area contributed by atoms with Crippen molar-refractivity contribution in [1.29, 1.82) is 0 Å². The van der Waals surface area contributed by atoms with Crippen molar-refractivity contribution in [3.63, 3.8) is 0 Å². The highest BCUT2D eigenvalue weighted by Crippen LogP contribution is 2.23. The Kier molecular flexibility index (Phi) is 7.97. The van der Waals surface area contributed by atoms with Gasteiger partial charge < -0.3 is 10.1 Å². The largest absolute Gasteiger partial charge is 0.489 e. The molecule has 0 unspecified atom stereocenters. The second kappa shape index (κ2) is 10.7. The van der Waals surface area contributed by atoms with Crippen molar-refractivity contribution < 1.29 is 4.74 Å². The molecule has 28 heavy (non-hydrogen) atoms. The van der Waals surface area contributed by atoms with Gasteiger partial charge in [-0.2, -0.15) is 0 Å². The van der Waals surface area contributed by atoms with E-state index in [-0.39, 0.29) is 0 Å². The van der Waals surface area contributed by atoms with Crippen LogP contribution in [-0.2, 0) is 20.2 Å². The third-order valence-electron chi connectivity index (χ3n) is 3.95. The maximum absolute atomic E-state index is 6.19. The molecule has 0 saturated carbocycles. The molecular formula is C19H21Cl2N5OS. The molecule has 0 spiro atoms. The van der Waals surface area contributed by atoms with Crippen LogP contribution in [0.1, 0.15) is 17.5 Å². The summed E-state index contributed by atoms with van der Waals surface area (Å²) in [6.07, 6.45) is 1.03. The summed E-state index contributed by atoms with van der Waals surface area (Å²) in [6.45, 7) is 2.11. The molecule has 0 aliphatic heterocycles. The van der Waals surface area contributed by atoms with Gasteiger partial charge in [-0.25, -0.2) is 4.68 Å². The minimum absolute atomic E-state index is 0.404. The Hall–Kier alpha value is -1.80. The van der Waals surface area contributed by atoms with E-state index in [1.54, 1.807) is 22.5 Å². The zero-order valence-electron chi connectivity index (χ0n) is 15.4. The fourth-order valence-corrected chi connectivity index (χ4v) is 3.73. The Bertz CT molecular complexity index is 906. The van der Waals surface area contributed by atoms with Crippen LogP contribution in [-0.4, -0.2) is 32.5 Å². The number of hydrogen-bond donors (Lipinski definition) is 1. The topological polar surface area (TPSA) is 64.9 Å². The van der Waals surface area contributed by atoms with Gasteiger partial charge in [0.1, 0.15) is 12.4 Å². The molecule has 0 radical (unpaired) electrons. The second-order valence-electron chi connectivity index (χ2n) is 6.14. The lowest BCUT2D eigenvalue weighted by Crippen LogP contribution is -2.15. The van der Waals surface area contributed by atoms with Gasteiger partial charge in [0.15, 0.2) is 0 Å². The molecule has 6 nitrogen and oxygen atoms in total. The molecule has 0 saturated heterocycles. The first-order valence-corrected chi connectivity index (χ1v) is 10.6. The lowest BCUT2D eigenvalue weighted by atomic mass is 10.2. The van der Waals surface area contributed by atoms with E-state index in [0.29, 0.717) is 16.7 Å². The smallest absolute Gasteiger partial charge is 0.209 e. The number of nitrogens with one attached hydrogen (secondary N) is 1. The first kappa shape index (κ1) is 20.9. The number of halogens is 2. The number of ether oxygens (including phenoxy) is 1. The zero-order valence-corrected chi connectivity index (χ0v) is 17.8. The summed E-state index contributed by atoms with van der Waals surface area (Å²) in [7, 11) is 1.84. The number of rotatable bonds is 10. The third kappa shape index (κ3) is 6.38. The summed E-state index contributed by atoms with van der Waals surface area (Å²) in [4.78, 5) is 0. The Morgan fingerprint density at radius 3 is 2.86 bits per heavy atom. The highest BCUT2D eigenvalue weighted by molar-refractivity contribution is 7.99. The van der Waals surface area contributed by atoms with E-state index >= 15 is 0 Å². The average Bonchev–Trinajstić information content (AvgIpc) is 3.09. The SMILES string of the molecule is Cn1nnnc1SCCCNCc1cccc(OCc2ccc(Cl)cc2Cl)c1. The maximum Gasteiger partial charge on any atom is 0.209 e. The fourth-order valence-electron chi connectivity index (χ4n) is 2.48. The Balaban J connectivity index is 1.39. The molecule has 0 atom stereocenters. The lowest BCUT2D eigenvalue weighted by molar-refractivity contribution is 0.306. The summed E-state index contributed by atoms with van der Waals surface area (Å²) < 4.78 is 7.55. The molecule has 0 aliphatic rings. The number of thioether (sulfide) groups is 1. The second-order valence-corrected chi connectivity index (χ2v) is 8.04. The summed E-state index contributed by atoms with van der Waals surface area (Å²) in [5, 5.41) is 16.9. The van der Waals surface area contributed by atoms with Crippen LogP contribution in [0, 0.1) is 0 Å². The Morgan fingerprint density at radius 2 is 2.07 bits per heavy atom. The van der Waals surface area contributed by atoms with Gasteiger partial charge in [-0.05, 0) is 53.2 Å². The molecule has 3 aromatic rings. The van der Waals surface area contributed by atoms with Gasteiger partial charge in [-0.15, -0.1) is 5.10 Å². The zero-order chi connectivity index (χ0) is 19.8. The number of aryl methyl sites for hydroxylation is 1. The van der Waals surface area contributed by atoms with Crippen molar-refractivity contribution in [2.45, 2.75) is 24.7 Å². The van der Waals surface area contributed by atoms with Crippen molar-refractivity contribution in [3.05, 3.63) is 63.6 Å². The lowest BCUT2D eigenvalue weighted by Gasteiger charge is -2.10. The van der Waals surface area contributed by atoms with Crippen LogP contribution in [0.25, 0.3) is 0 Å². The van der Waals surface area contributed by atoms with Crippen molar-refractivity contribution in [2.24, 2.45) is 7.05 Å². The molecule has 148 valence electrons. The van der Waals surface area contributed by atoms with E-state index < -0.39 is 0 Å². The molecule has 0 amide bonds. The van der Waals surface area contributed by atoms with Gasteiger partial charge in [0.05, 0.1) is 0 Å². The molecule has 3 rings (SSSR count). The van der Waals surface area contributed by atoms with Crippen molar-refractivity contribution >= 4 is 35.0 Å². The van der Waals surface area contributed by atoms with E-state index in [1.807, 2.05) is 37.4 Å². The van der Waals surface area contributed by atoms with Gasteiger partial charge >= 0.3 is 0 Å². The molecule has 2 aromatic carbocycles. The number of aromatic nitrogens is 4. The Morgan fingerprint density at radius 1 is 1.18 bits per heavy atom. The summed E-state index contributed by atoms with van der Waals surface area (Å²) in [5.74, 6) is 1.78. The quantitative estimate of drug-likeness (QED) is 0.375. The molecule has 0 fully saturated rings. The number of benzene rings is 2. The van der Waals surface area contributed by atoms with Gasteiger partial charge in [0.2, 0.25) is 5.16 Å². The van der Waals surface area contributed by atoms with E-state index in [2.05, 4.69) is 26.9 Å². The van der Waals surface area contributed by atoms with E-state index in [1.165, 1.54) is 5.56 Å². The van der Waals surface area contributed by atoms with Gasteiger partial charge in [-0.1, -0.05) is 53.2 Å². The molecule has 0 aliphatic carbocycles. The standard InChI is InChI=1S/C19H21Cl2N5OS/c1-26-19(23-24-25-26)28-9-3-8-22-12-14-4-2-5-17(10-14)27-13-15-6-7-16(20)11-18(15)21/h2,4-7,10-11,22H,3,8-9,12-13H2,1H3. The van der Waals surface area contributed by atoms with Crippen molar-refractivity contribution in [1.82, 2.24) is 25.5 Å². The first-order valence-electron chi connectivity index (χ1n) is 8.83.